The minimum atomic E-state index is 0.104. The van der Waals surface area contributed by atoms with E-state index in [0.29, 0.717) is 5.92 Å². The van der Waals surface area contributed by atoms with Crippen molar-refractivity contribution in [3.05, 3.63) is 23.8 Å². The van der Waals surface area contributed by atoms with E-state index in [4.69, 9.17) is 9.78 Å². The van der Waals surface area contributed by atoms with Crippen LogP contribution in [0.5, 0.6) is 0 Å². The molecule has 0 aromatic heterocycles. The summed E-state index contributed by atoms with van der Waals surface area (Å²) < 4.78 is 0. The summed E-state index contributed by atoms with van der Waals surface area (Å²) in [6, 6.07) is 0. The third kappa shape index (κ3) is 1.11. The molecule has 0 N–H and O–H groups in total. The van der Waals surface area contributed by atoms with Crippen LogP contribution in [0.1, 0.15) is 20.3 Å². The number of hydrogen-bond donors (Lipinski definition) is 0. The average molecular weight is 166 g/mol. The van der Waals surface area contributed by atoms with Gasteiger partial charge in [-0.2, -0.15) is 0 Å². The highest BCUT2D eigenvalue weighted by Crippen LogP contribution is 2.37. The van der Waals surface area contributed by atoms with Crippen molar-refractivity contribution in [2.24, 2.45) is 5.92 Å². The SMILES string of the molecule is C=C(C)[C@H]1C[C@@H]2OO[C@H]1C=C2C. The van der Waals surface area contributed by atoms with E-state index < -0.39 is 0 Å². The van der Waals surface area contributed by atoms with Gasteiger partial charge in [0.2, 0.25) is 0 Å². The average Bonchev–Trinajstić information content (AvgIpc) is 2.04. The van der Waals surface area contributed by atoms with Gasteiger partial charge in [0.25, 0.3) is 0 Å². The molecule has 0 aromatic carbocycles. The summed E-state index contributed by atoms with van der Waals surface area (Å²) in [5, 5.41) is 0. The minimum Gasteiger partial charge on any atom is -0.228 e. The van der Waals surface area contributed by atoms with Crippen LogP contribution in [-0.4, -0.2) is 12.2 Å². The lowest BCUT2D eigenvalue weighted by Gasteiger charge is -2.39. The maximum atomic E-state index is 5.18. The first-order chi connectivity index (χ1) is 5.68. The van der Waals surface area contributed by atoms with Crippen molar-refractivity contribution in [2.75, 3.05) is 0 Å². The molecule has 2 aliphatic heterocycles. The van der Waals surface area contributed by atoms with Gasteiger partial charge < -0.3 is 0 Å². The van der Waals surface area contributed by atoms with Gasteiger partial charge in [-0.15, -0.1) is 0 Å². The molecular weight excluding hydrogens is 152 g/mol. The molecule has 2 heteroatoms. The summed E-state index contributed by atoms with van der Waals surface area (Å²) in [7, 11) is 0. The summed E-state index contributed by atoms with van der Waals surface area (Å²) in [6.45, 7) is 8.10. The number of fused-ring (bicyclic) bond motifs is 2. The molecule has 2 heterocycles. The van der Waals surface area contributed by atoms with Crippen LogP contribution in [0.15, 0.2) is 23.8 Å². The Labute approximate surface area is 72.8 Å². The topological polar surface area (TPSA) is 18.5 Å². The highest BCUT2D eigenvalue weighted by atomic mass is 17.2. The molecule has 1 fully saturated rings. The molecule has 0 unspecified atom stereocenters. The van der Waals surface area contributed by atoms with Gasteiger partial charge in [-0.05, 0) is 25.8 Å². The zero-order chi connectivity index (χ0) is 8.72. The van der Waals surface area contributed by atoms with E-state index in [2.05, 4.69) is 26.5 Å². The van der Waals surface area contributed by atoms with Crippen LogP contribution in [0.4, 0.5) is 0 Å². The van der Waals surface area contributed by atoms with Crippen LogP contribution in [0.2, 0.25) is 0 Å². The summed E-state index contributed by atoms with van der Waals surface area (Å²) >= 11 is 0. The molecule has 12 heavy (non-hydrogen) atoms. The third-order valence-corrected chi connectivity index (χ3v) is 2.72. The molecule has 1 saturated heterocycles. The third-order valence-electron chi connectivity index (χ3n) is 2.72. The summed E-state index contributed by atoms with van der Waals surface area (Å²) in [4.78, 5) is 10.3. The standard InChI is InChI=1S/C10H14O2/c1-6(2)8-5-9-7(3)4-10(8)12-11-9/h4,8-10H,1,5H2,2-3H3/t8-,9+,10+/m1/s1. The largest absolute Gasteiger partial charge is 0.228 e. The first kappa shape index (κ1) is 8.02. The van der Waals surface area contributed by atoms with Crippen LogP contribution in [0, 0.1) is 5.92 Å². The van der Waals surface area contributed by atoms with Gasteiger partial charge in [0.1, 0.15) is 12.2 Å². The van der Waals surface area contributed by atoms with Crippen molar-refractivity contribution in [2.45, 2.75) is 32.5 Å². The van der Waals surface area contributed by atoms with Crippen molar-refractivity contribution in [3.63, 3.8) is 0 Å². The van der Waals surface area contributed by atoms with Crippen LogP contribution in [0.3, 0.4) is 0 Å². The van der Waals surface area contributed by atoms with E-state index in [-0.39, 0.29) is 12.2 Å². The van der Waals surface area contributed by atoms with E-state index in [1.54, 1.807) is 0 Å². The predicted octanol–water partition coefficient (Wildman–Crippen LogP) is 2.23. The highest BCUT2D eigenvalue weighted by molar-refractivity contribution is 5.20. The van der Waals surface area contributed by atoms with Crippen molar-refractivity contribution in [1.82, 2.24) is 0 Å². The molecule has 0 aromatic rings. The van der Waals surface area contributed by atoms with Gasteiger partial charge in [-0.1, -0.05) is 18.2 Å². The van der Waals surface area contributed by atoms with E-state index >= 15 is 0 Å². The summed E-state index contributed by atoms with van der Waals surface area (Å²) in [6.07, 6.45) is 3.45. The Hall–Kier alpha value is -0.600. The monoisotopic (exact) mass is 166 g/mol. The molecule has 2 nitrogen and oxygen atoms in total. The smallest absolute Gasteiger partial charge is 0.118 e. The van der Waals surface area contributed by atoms with E-state index in [1.165, 1.54) is 11.1 Å². The van der Waals surface area contributed by atoms with Gasteiger partial charge in [0, 0.05) is 5.92 Å². The first-order valence-corrected chi connectivity index (χ1v) is 4.34. The molecule has 0 amide bonds. The summed E-state index contributed by atoms with van der Waals surface area (Å²) in [5.41, 5.74) is 2.49. The van der Waals surface area contributed by atoms with Crippen molar-refractivity contribution < 1.29 is 9.78 Å². The molecule has 3 aliphatic rings. The molecular formula is C10H14O2. The molecule has 66 valence electrons. The molecule has 2 bridgehead atoms. The maximum absolute atomic E-state index is 5.18. The fourth-order valence-electron chi connectivity index (χ4n) is 1.86. The Morgan fingerprint density at radius 1 is 1.58 bits per heavy atom. The van der Waals surface area contributed by atoms with E-state index in [0.717, 1.165) is 6.42 Å². The fourth-order valence-corrected chi connectivity index (χ4v) is 1.86. The Bertz CT molecular complexity index is 242. The summed E-state index contributed by atoms with van der Waals surface area (Å²) in [5.74, 6) is 0.451. The van der Waals surface area contributed by atoms with Crippen LogP contribution >= 0.6 is 0 Å². The maximum Gasteiger partial charge on any atom is 0.118 e. The Morgan fingerprint density at radius 3 is 2.75 bits per heavy atom. The lowest BCUT2D eigenvalue weighted by molar-refractivity contribution is -0.373. The van der Waals surface area contributed by atoms with Gasteiger partial charge >= 0.3 is 0 Å². The second kappa shape index (κ2) is 2.71. The molecule has 0 saturated carbocycles. The second-order valence-electron chi connectivity index (χ2n) is 3.74. The van der Waals surface area contributed by atoms with Crippen molar-refractivity contribution in [1.29, 1.82) is 0 Å². The molecule has 0 spiro atoms. The molecule has 1 aliphatic carbocycles. The van der Waals surface area contributed by atoms with Crippen LogP contribution < -0.4 is 0 Å². The van der Waals surface area contributed by atoms with Gasteiger partial charge in [-0.3, -0.25) is 0 Å². The Balaban J connectivity index is 2.22. The van der Waals surface area contributed by atoms with Gasteiger partial charge in [0.15, 0.2) is 0 Å². The Kier molecular flexibility index (Phi) is 1.81. The fraction of sp³-hybridized carbons (Fsp3) is 0.600. The number of rotatable bonds is 1. The van der Waals surface area contributed by atoms with Crippen LogP contribution in [0.25, 0.3) is 0 Å². The normalized spacial score (nSPS) is 39.5. The van der Waals surface area contributed by atoms with Gasteiger partial charge in [-0.25, -0.2) is 9.78 Å². The number of hydrogen-bond acceptors (Lipinski definition) is 2. The molecule has 0 radical (unpaired) electrons. The second-order valence-corrected chi connectivity index (χ2v) is 3.74. The van der Waals surface area contributed by atoms with Crippen molar-refractivity contribution >= 4 is 0 Å². The zero-order valence-corrected chi connectivity index (χ0v) is 7.54. The first-order valence-electron chi connectivity index (χ1n) is 4.34. The lowest BCUT2D eigenvalue weighted by Crippen LogP contribution is -2.40. The molecule has 3 atom stereocenters. The Morgan fingerprint density at radius 2 is 2.33 bits per heavy atom. The van der Waals surface area contributed by atoms with E-state index in [1.807, 2.05) is 0 Å². The zero-order valence-electron chi connectivity index (χ0n) is 7.54. The van der Waals surface area contributed by atoms with E-state index in [9.17, 15) is 0 Å². The predicted molar refractivity (Wildman–Crippen MR) is 46.4 cm³/mol. The van der Waals surface area contributed by atoms with Gasteiger partial charge in [0.05, 0.1) is 0 Å². The van der Waals surface area contributed by atoms with Crippen LogP contribution in [-0.2, 0) is 9.78 Å². The van der Waals surface area contributed by atoms with Crippen molar-refractivity contribution in [3.8, 4) is 0 Å². The lowest BCUT2D eigenvalue weighted by atomic mass is 9.81. The minimum absolute atomic E-state index is 0.104. The quantitative estimate of drug-likeness (QED) is 0.439. The highest BCUT2D eigenvalue weighted by Gasteiger charge is 2.37. The molecule has 3 rings (SSSR count).